The molecule has 2 saturated heterocycles. The van der Waals surface area contributed by atoms with Crippen molar-refractivity contribution >= 4 is 11.9 Å². The summed E-state index contributed by atoms with van der Waals surface area (Å²) in [6.45, 7) is 3.91. The highest BCUT2D eigenvalue weighted by Crippen LogP contribution is 2.23. The van der Waals surface area contributed by atoms with E-state index in [1.165, 1.54) is 19.3 Å². The van der Waals surface area contributed by atoms with Crippen LogP contribution in [-0.2, 0) is 11.2 Å². The first-order chi connectivity index (χ1) is 11.6. The minimum Gasteiger partial charge on any atom is -0.481 e. The van der Waals surface area contributed by atoms with Crippen LogP contribution in [0.1, 0.15) is 48.0 Å². The second kappa shape index (κ2) is 7.79. The Bertz CT molecular complexity index is 596. The molecule has 0 aromatic heterocycles. The van der Waals surface area contributed by atoms with Crippen molar-refractivity contribution in [1.82, 2.24) is 9.80 Å². The minimum absolute atomic E-state index is 0.0554. The van der Waals surface area contributed by atoms with E-state index in [1.54, 1.807) is 0 Å². The second-order valence-corrected chi connectivity index (χ2v) is 6.84. The highest BCUT2D eigenvalue weighted by molar-refractivity contribution is 5.96. The van der Waals surface area contributed by atoms with Gasteiger partial charge in [-0.1, -0.05) is 18.2 Å². The monoisotopic (exact) mass is 330 g/mol. The zero-order valence-corrected chi connectivity index (χ0v) is 14.1. The summed E-state index contributed by atoms with van der Waals surface area (Å²) in [6.07, 6.45) is 5.21. The number of carboxylic acid groups (broad SMARTS) is 1. The maximum absolute atomic E-state index is 13.0. The van der Waals surface area contributed by atoms with Gasteiger partial charge in [-0.2, -0.15) is 0 Å². The number of likely N-dealkylation sites (tertiary alicyclic amines) is 2. The van der Waals surface area contributed by atoms with Crippen LogP contribution in [0.2, 0.25) is 0 Å². The lowest BCUT2D eigenvalue weighted by Crippen LogP contribution is -2.49. The van der Waals surface area contributed by atoms with Gasteiger partial charge in [-0.05, 0) is 56.8 Å². The fourth-order valence-electron chi connectivity index (χ4n) is 3.90. The first-order valence-electron chi connectivity index (χ1n) is 8.98. The Labute approximate surface area is 143 Å². The number of carbonyl (C=O) groups excluding carboxylic acids is 1. The third-order valence-corrected chi connectivity index (χ3v) is 5.20. The molecule has 1 aromatic carbocycles. The van der Waals surface area contributed by atoms with Crippen molar-refractivity contribution in [3.8, 4) is 0 Å². The van der Waals surface area contributed by atoms with Gasteiger partial charge in [0, 0.05) is 31.1 Å². The topological polar surface area (TPSA) is 60.9 Å². The summed E-state index contributed by atoms with van der Waals surface area (Å²) in [5.41, 5.74) is 1.51. The maximum Gasteiger partial charge on any atom is 0.303 e. The predicted molar refractivity (Wildman–Crippen MR) is 92.1 cm³/mol. The quantitative estimate of drug-likeness (QED) is 0.900. The first-order valence-corrected chi connectivity index (χ1v) is 8.98. The number of amides is 1. The number of aryl methyl sites for hydroxylation is 1. The summed E-state index contributed by atoms with van der Waals surface area (Å²) in [5, 5.41) is 8.91. The average molecular weight is 330 g/mol. The van der Waals surface area contributed by atoms with Crippen LogP contribution in [0.4, 0.5) is 0 Å². The van der Waals surface area contributed by atoms with Gasteiger partial charge >= 0.3 is 5.97 Å². The van der Waals surface area contributed by atoms with Gasteiger partial charge in [0.05, 0.1) is 0 Å². The Morgan fingerprint density at radius 1 is 1.08 bits per heavy atom. The Kier molecular flexibility index (Phi) is 5.51. The molecular formula is C19H26N2O3. The van der Waals surface area contributed by atoms with Crippen LogP contribution in [0.25, 0.3) is 0 Å². The fraction of sp³-hybridized carbons (Fsp3) is 0.579. The summed E-state index contributed by atoms with van der Waals surface area (Å²) in [4.78, 5) is 28.3. The van der Waals surface area contributed by atoms with Crippen LogP contribution in [0, 0.1) is 0 Å². The molecule has 1 amide bonds. The zero-order chi connectivity index (χ0) is 16.9. The van der Waals surface area contributed by atoms with Gasteiger partial charge in [0.2, 0.25) is 0 Å². The number of piperidine rings is 1. The van der Waals surface area contributed by atoms with Gasteiger partial charge in [-0.15, -0.1) is 0 Å². The summed E-state index contributed by atoms with van der Waals surface area (Å²) < 4.78 is 0. The number of aliphatic carboxylic acids is 1. The largest absolute Gasteiger partial charge is 0.481 e. The summed E-state index contributed by atoms with van der Waals surface area (Å²) >= 11 is 0. The number of carboxylic acids is 1. The molecule has 1 N–H and O–H groups in total. The molecule has 0 saturated carbocycles. The zero-order valence-electron chi connectivity index (χ0n) is 14.1. The van der Waals surface area contributed by atoms with Crippen molar-refractivity contribution < 1.29 is 14.7 Å². The second-order valence-electron chi connectivity index (χ2n) is 6.84. The predicted octanol–water partition coefficient (Wildman–Crippen LogP) is 2.40. The van der Waals surface area contributed by atoms with Crippen LogP contribution >= 0.6 is 0 Å². The minimum atomic E-state index is -0.829. The van der Waals surface area contributed by atoms with Crippen molar-refractivity contribution in [2.75, 3.05) is 26.2 Å². The molecule has 0 radical (unpaired) electrons. The van der Waals surface area contributed by atoms with Crippen molar-refractivity contribution in [3.63, 3.8) is 0 Å². The number of nitrogens with zero attached hydrogens (tertiary/aromatic N) is 2. The summed E-state index contributed by atoms with van der Waals surface area (Å²) in [5.74, 6) is -0.774. The van der Waals surface area contributed by atoms with E-state index in [2.05, 4.69) is 4.90 Å². The Morgan fingerprint density at radius 2 is 1.83 bits per heavy atom. The molecule has 1 unspecified atom stereocenters. The van der Waals surface area contributed by atoms with E-state index in [9.17, 15) is 9.59 Å². The van der Waals surface area contributed by atoms with E-state index in [0.29, 0.717) is 18.0 Å². The van der Waals surface area contributed by atoms with Gasteiger partial charge in [-0.3, -0.25) is 14.5 Å². The number of rotatable bonds is 5. The van der Waals surface area contributed by atoms with E-state index in [4.69, 9.17) is 5.11 Å². The van der Waals surface area contributed by atoms with Crippen LogP contribution in [0.5, 0.6) is 0 Å². The van der Waals surface area contributed by atoms with Gasteiger partial charge in [0.25, 0.3) is 5.91 Å². The van der Waals surface area contributed by atoms with E-state index in [-0.39, 0.29) is 12.3 Å². The van der Waals surface area contributed by atoms with Gasteiger partial charge < -0.3 is 10.0 Å². The summed E-state index contributed by atoms with van der Waals surface area (Å²) in [6, 6.07) is 7.92. The molecule has 2 aliphatic heterocycles. The molecule has 2 heterocycles. The third-order valence-electron chi connectivity index (χ3n) is 5.20. The molecule has 1 atom stereocenters. The van der Waals surface area contributed by atoms with Crippen molar-refractivity contribution in [2.45, 2.75) is 44.6 Å². The molecule has 5 nitrogen and oxygen atoms in total. The molecule has 3 rings (SSSR count). The molecule has 130 valence electrons. The molecular weight excluding hydrogens is 304 g/mol. The van der Waals surface area contributed by atoms with Crippen molar-refractivity contribution in [3.05, 3.63) is 35.4 Å². The third kappa shape index (κ3) is 3.96. The van der Waals surface area contributed by atoms with Crippen LogP contribution in [0.15, 0.2) is 24.3 Å². The smallest absolute Gasteiger partial charge is 0.303 e. The first kappa shape index (κ1) is 17.0. The molecule has 1 aromatic rings. The standard InChI is InChI=1S/C19H26N2O3/c22-18(23)10-9-15-6-1-2-8-17(15)19(24)21-13-5-7-16(14-21)20-11-3-4-12-20/h1-2,6,8,16H,3-5,7,9-14H2,(H,22,23). The average Bonchev–Trinajstić information content (AvgIpc) is 3.14. The number of hydrogen-bond donors (Lipinski definition) is 1. The Balaban J connectivity index is 1.70. The summed E-state index contributed by atoms with van der Waals surface area (Å²) in [7, 11) is 0. The SMILES string of the molecule is O=C(O)CCc1ccccc1C(=O)N1CCCC(N2CCCC2)C1. The molecule has 5 heteroatoms. The van der Waals surface area contributed by atoms with Gasteiger partial charge in [-0.25, -0.2) is 0 Å². The molecule has 0 bridgehead atoms. The highest BCUT2D eigenvalue weighted by atomic mass is 16.4. The maximum atomic E-state index is 13.0. The fourth-order valence-corrected chi connectivity index (χ4v) is 3.90. The molecule has 24 heavy (non-hydrogen) atoms. The number of hydrogen-bond acceptors (Lipinski definition) is 3. The van der Waals surface area contributed by atoms with Crippen LogP contribution in [0.3, 0.4) is 0 Å². The lowest BCUT2D eigenvalue weighted by Gasteiger charge is -2.37. The van der Waals surface area contributed by atoms with Crippen LogP contribution < -0.4 is 0 Å². The lowest BCUT2D eigenvalue weighted by molar-refractivity contribution is -0.136. The van der Waals surface area contributed by atoms with E-state index < -0.39 is 5.97 Å². The van der Waals surface area contributed by atoms with Gasteiger partial charge in [0.1, 0.15) is 0 Å². The number of carbonyl (C=O) groups is 2. The van der Waals surface area contributed by atoms with Crippen LogP contribution in [-0.4, -0.2) is 59.0 Å². The molecule has 2 fully saturated rings. The Morgan fingerprint density at radius 3 is 2.58 bits per heavy atom. The molecule has 0 spiro atoms. The normalized spacial score (nSPS) is 21.8. The van der Waals surface area contributed by atoms with E-state index in [0.717, 1.165) is 38.2 Å². The van der Waals surface area contributed by atoms with Gasteiger partial charge in [0.15, 0.2) is 0 Å². The molecule has 2 aliphatic rings. The highest BCUT2D eigenvalue weighted by Gasteiger charge is 2.30. The molecule has 0 aliphatic carbocycles. The van der Waals surface area contributed by atoms with Crippen molar-refractivity contribution in [2.24, 2.45) is 0 Å². The lowest BCUT2D eigenvalue weighted by atomic mass is 9.99. The number of benzene rings is 1. The van der Waals surface area contributed by atoms with E-state index >= 15 is 0 Å². The van der Waals surface area contributed by atoms with E-state index in [1.807, 2.05) is 29.2 Å². The Hall–Kier alpha value is -1.88. The van der Waals surface area contributed by atoms with Crippen molar-refractivity contribution in [1.29, 1.82) is 0 Å².